The predicted molar refractivity (Wildman–Crippen MR) is 74.8 cm³/mol. The number of piperazine rings is 1. The molecule has 1 saturated heterocycles. The van der Waals surface area contributed by atoms with Crippen LogP contribution in [0.25, 0.3) is 0 Å². The third-order valence-corrected chi connectivity index (χ3v) is 4.07. The zero-order valence-corrected chi connectivity index (χ0v) is 11.1. The van der Waals surface area contributed by atoms with Crippen LogP contribution in [-0.2, 0) is 0 Å². The van der Waals surface area contributed by atoms with Crippen LogP contribution in [0.5, 0.6) is 0 Å². The molecule has 1 aliphatic heterocycles. The van der Waals surface area contributed by atoms with Crippen LogP contribution in [0.2, 0.25) is 0 Å². The van der Waals surface area contributed by atoms with E-state index in [1.165, 1.54) is 19.4 Å². The third-order valence-electron chi connectivity index (χ3n) is 4.07. The highest BCUT2D eigenvalue weighted by molar-refractivity contribution is 5.66. The minimum Gasteiger partial charge on any atom is -0.396 e. The summed E-state index contributed by atoms with van der Waals surface area (Å²) < 4.78 is 0. The summed E-state index contributed by atoms with van der Waals surface area (Å²) in [5.74, 6) is 1.96. The van der Waals surface area contributed by atoms with Crippen molar-refractivity contribution in [1.29, 1.82) is 0 Å². The molecule has 1 saturated carbocycles. The van der Waals surface area contributed by atoms with E-state index in [4.69, 9.17) is 5.73 Å². The summed E-state index contributed by atoms with van der Waals surface area (Å²) in [5.41, 5.74) is 8.09. The number of hydrogen-bond acceptors (Lipinski definition) is 4. The maximum Gasteiger partial charge on any atom is 0.152 e. The lowest BCUT2D eigenvalue weighted by atomic mass is 10.2. The third kappa shape index (κ3) is 2.43. The van der Waals surface area contributed by atoms with Crippen molar-refractivity contribution >= 4 is 11.5 Å². The number of aryl methyl sites for hydroxylation is 1. The number of hydrogen-bond donors (Lipinski definition) is 1. The Morgan fingerprint density at radius 1 is 1.28 bits per heavy atom. The standard InChI is InChI=1S/C14H22N4/c1-11-4-5-16-14(13(11)15)18-8-6-17(7-9-18)10-12-2-3-12/h4-5,12H,2-3,6-10,15H2,1H3. The van der Waals surface area contributed by atoms with E-state index < -0.39 is 0 Å². The second-order valence-corrected chi connectivity index (χ2v) is 5.60. The van der Waals surface area contributed by atoms with Crippen LogP contribution in [0.15, 0.2) is 12.3 Å². The van der Waals surface area contributed by atoms with Crippen LogP contribution in [0, 0.1) is 12.8 Å². The van der Waals surface area contributed by atoms with Crippen molar-refractivity contribution in [2.45, 2.75) is 19.8 Å². The molecule has 98 valence electrons. The van der Waals surface area contributed by atoms with Crippen molar-refractivity contribution in [3.8, 4) is 0 Å². The van der Waals surface area contributed by atoms with Gasteiger partial charge in [0, 0.05) is 38.9 Å². The second kappa shape index (κ2) is 4.76. The molecule has 0 aromatic carbocycles. The molecule has 3 rings (SSSR count). The molecule has 4 heteroatoms. The number of anilines is 2. The molecule has 2 heterocycles. The first-order valence-corrected chi connectivity index (χ1v) is 6.92. The average molecular weight is 246 g/mol. The quantitative estimate of drug-likeness (QED) is 0.878. The first kappa shape index (κ1) is 11.8. The summed E-state index contributed by atoms with van der Waals surface area (Å²) in [6.45, 7) is 7.73. The Labute approximate surface area is 109 Å². The Hall–Kier alpha value is -1.29. The first-order valence-electron chi connectivity index (χ1n) is 6.92. The average Bonchev–Trinajstić information content (AvgIpc) is 3.18. The highest BCUT2D eigenvalue weighted by atomic mass is 15.3. The maximum atomic E-state index is 6.12. The van der Waals surface area contributed by atoms with E-state index in [1.54, 1.807) is 0 Å². The zero-order valence-electron chi connectivity index (χ0n) is 11.1. The molecule has 4 nitrogen and oxygen atoms in total. The lowest BCUT2D eigenvalue weighted by molar-refractivity contribution is 0.247. The molecule has 2 fully saturated rings. The zero-order chi connectivity index (χ0) is 12.5. The highest BCUT2D eigenvalue weighted by Crippen LogP contribution is 2.30. The Balaban J connectivity index is 1.62. The molecule has 2 aliphatic rings. The largest absolute Gasteiger partial charge is 0.396 e. The van der Waals surface area contributed by atoms with Crippen LogP contribution >= 0.6 is 0 Å². The van der Waals surface area contributed by atoms with Gasteiger partial charge in [-0.3, -0.25) is 4.90 Å². The summed E-state index contributed by atoms with van der Waals surface area (Å²) >= 11 is 0. The molecule has 0 spiro atoms. The number of pyridine rings is 1. The lowest BCUT2D eigenvalue weighted by Gasteiger charge is -2.36. The molecule has 2 N–H and O–H groups in total. The summed E-state index contributed by atoms with van der Waals surface area (Å²) in [4.78, 5) is 9.35. The minimum absolute atomic E-state index is 0.841. The van der Waals surface area contributed by atoms with Crippen LogP contribution in [-0.4, -0.2) is 42.6 Å². The van der Waals surface area contributed by atoms with Crippen molar-refractivity contribution < 1.29 is 0 Å². The van der Waals surface area contributed by atoms with Gasteiger partial charge in [-0.05, 0) is 37.3 Å². The molecule has 1 aromatic rings. The molecule has 0 amide bonds. The van der Waals surface area contributed by atoms with Crippen molar-refractivity contribution in [2.75, 3.05) is 43.4 Å². The molecule has 0 radical (unpaired) electrons. The fraction of sp³-hybridized carbons (Fsp3) is 0.643. The predicted octanol–water partition coefficient (Wildman–Crippen LogP) is 1.50. The van der Waals surface area contributed by atoms with Gasteiger partial charge in [0.1, 0.15) is 0 Å². The summed E-state index contributed by atoms with van der Waals surface area (Å²) in [5, 5.41) is 0. The Kier molecular flexibility index (Phi) is 3.12. The van der Waals surface area contributed by atoms with E-state index >= 15 is 0 Å². The number of aromatic nitrogens is 1. The van der Waals surface area contributed by atoms with Crippen molar-refractivity contribution in [1.82, 2.24) is 9.88 Å². The maximum absolute atomic E-state index is 6.12. The number of nitrogen functional groups attached to an aromatic ring is 1. The highest BCUT2D eigenvalue weighted by Gasteiger charge is 2.27. The smallest absolute Gasteiger partial charge is 0.152 e. The minimum atomic E-state index is 0.841. The van der Waals surface area contributed by atoms with Crippen LogP contribution in [0.1, 0.15) is 18.4 Å². The Morgan fingerprint density at radius 2 is 2.00 bits per heavy atom. The monoisotopic (exact) mass is 246 g/mol. The first-order chi connectivity index (χ1) is 8.74. The normalized spacial score (nSPS) is 21.3. The molecule has 0 unspecified atom stereocenters. The van der Waals surface area contributed by atoms with Crippen molar-refractivity contribution in [3.05, 3.63) is 17.8 Å². The molecule has 0 bridgehead atoms. The fourth-order valence-corrected chi connectivity index (χ4v) is 2.62. The van der Waals surface area contributed by atoms with Gasteiger partial charge in [-0.15, -0.1) is 0 Å². The molecule has 0 atom stereocenters. The van der Waals surface area contributed by atoms with Gasteiger partial charge >= 0.3 is 0 Å². The summed E-state index contributed by atoms with van der Waals surface area (Å²) in [6.07, 6.45) is 4.73. The van der Waals surface area contributed by atoms with Crippen LogP contribution in [0.3, 0.4) is 0 Å². The number of nitrogens with zero attached hydrogens (tertiary/aromatic N) is 3. The van der Waals surface area contributed by atoms with Gasteiger partial charge in [-0.2, -0.15) is 0 Å². The number of rotatable bonds is 3. The number of nitrogens with two attached hydrogens (primary N) is 1. The van der Waals surface area contributed by atoms with Gasteiger partial charge in [0.05, 0.1) is 5.69 Å². The SMILES string of the molecule is Cc1ccnc(N2CCN(CC3CC3)CC2)c1N. The van der Waals surface area contributed by atoms with Gasteiger partial charge in [-0.25, -0.2) is 4.98 Å². The molecule has 18 heavy (non-hydrogen) atoms. The molecular formula is C14H22N4. The lowest BCUT2D eigenvalue weighted by Crippen LogP contribution is -2.47. The van der Waals surface area contributed by atoms with Crippen LogP contribution < -0.4 is 10.6 Å². The van der Waals surface area contributed by atoms with Gasteiger partial charge in [0.25, 0.3) is 0 Å². The van der Waals surface area contributed by atoms with E-state index in [0.717, 1.165) is 49.2 Å². The molecular weight excluding hydrogens is 224 g/mol. The topological polar surface area (TPSA) is 45.4 Å². The van der Waals surface area contributed by atoms with Crippen LogP contribution in [0.4, 0.5) is 11.5 Å². The Bertz CT molecular complexity index is 420. The van der Waals surface area contributed by atoms with E-state index in [1.807, 2.05) is 19.2 Å². The van der Waals surface area contributed by atoms with E-state index in [-0.39, 0.29) is 0 Å². The molecule has 1 aromatic heterocycles. The Morgan fingerprint density at radius 3 is 2.67 bits per heavy atom. The van der Waals surface area contributed by atoms with Gasteiger partial charge in [-0.1, -0.05) is 0 Å². The van der Waals surface area contributed by atoms with Gasteiger partial charge in [0.15, 0.2) is 5.82 Å². The second-order valence-electron chi connectivity index (χ2n) is 5.60. The van der Waals surface area contributed by atoms with Crippen molar-refractivity contribution in [3.63, 3.8) is 0 Å². The molecule has 1 aliphatic carbocycles. The van der Waals surface area contributed by atoms with E-state index in [2.05, 4.69) is 14.8 Å². The van der Waals surface area contributed by atoms with Gasteiger partial charge in [0.2, 0.25) is 0 Å². The summed E-state index contributed by atoms with van der Waals surface area (Å²) in [7, 11) is 0. The van der Waals surface area contributed by atoms with Crippen molar-refractivity contribution in [2.24, 2.45) is 5.92 Å². The van der Waals surface area contributed by atoms with Gasteiger partial charge < -0.3 is 10.6 Å². The fourth-order valence-electron chi connectivity index (χ4n) is 2.62. The summed E-state index contributed by atoms with van der Waals surface area (Å²) in [6, 6.07) is 1.97. The van der Waals surface area contributed by atoms with E-state index in [9.17, 15) is 0 Å². The van der Waals surface area contributed by atoms with E-state index in [0.29, 0.717) is 0 Å².